The Morgan fingerprint density at radius 1 is 1.73 bits per heavy atom. The molecule has 1 aromatic heterocycles. The smallest absolute Gasteiger partial charge is 0.405 e. The van der Waals surface area contributed by atoms with E-state index in [1.807, 2.05) is 0 Å². The van der Waals surface area contributed by atoms with E-state index in [4.69, 9.17) is 9.52 Å². The first kappa shape index (κ1) is 7.52. The summed E-state index contributed by atoms with van der Waals surface area (Å²) in [6.07, 6.45) is -1.11. The predicted octanol–water partition coefficient (Wildman–Crippen LogP) is 0.146. The van der Waals surface area contributed by atoms with Gasteiger partial charge in [-0.3, -0.25) is 0 Å². The first-order chi connectivity index (χ1) is 5.18. The van der Waals surface area contributed by atoms with Gasteiger partial charge in [0.1, 0.15) is 0 Å². The molecule has 0 aliphatic carbocycles. The highest BCUT2D eigenvalue weighted by Gasteiger charge is 2.02. The van der Waals surface area contributed by atoms with Crippen LogP contribution in [-0.4, -0.2) is 21.4 Å². The van der Waals surface area contributed by atoms with E-state index in [0.717, 1.165) is 0 Å². The van der Waals surface area contributed by atoms with Crippen LogP contribution in [0.2, 0.25) is 0 Å². The number of nitrogens with zero attached hydrogens (tertiary/aromatic N) is 2. The average molecular weight is 157 g/mol. The van der Waals surface area contributed by atoms with Crippen LogP contribution >= 0.6 is 0 Å². The summed E-state index contributed by atoms with van der Waals surface area (Å²) >= 11 is 0. The predicted molar refractivity (Wildman–Crippen MR) is 33.9 cm³/mol. The maximum absolute atomic E-state index is 9.98. The van der Waals surface area contributed by atoms with Gasteiger partial charge in [0.05, 0.1) is 6.54 Å². The van der Waals surface area contributed by atoms with Crippen molar-refractivity contribution < 1.29 is 14.3 Å². The Kier molecular flexibility index (Phi) is 2.05. The first-order valence-corrected chi connectivity index (χ1v) is 2.94. The highest BCUT2D eigenvalue weighted by atomic mass is 16.4. The minimum Gasteiger partial charge on any atom is -0.465 e. The number of carbonyl (C=O) groups is 1. The Bertz CT molecular complexity index is 257. The normalized spacial score (nSPS) is 9.55. The van der Waals surface area contributed by atoms with Crippen molar-refractivity contribution in [2.45, 2.75) is 13.5 Å². The molecule has 0 radical (unpaired) electrons. The molecule has 1 amide bonds. The number of hydrogen-bond donors (Lipinski definition) is 2. The van der Waals surface area contributed by atoms with Gasteiger partial charge in [-0.15, -0.1) is 10.2 Å². The lowest BCUT2D eigenvalue weighted by molar-refractivity contribution is 0.192. The highest BCUT2D eigenvalue weighted by molar-refractivity contribution is 5.64. The molecular formula is C5H7N3O3. The van der Waals surface area contributed by atoms with E-state index < -0.39 is 6.09 Å². The SMILES string of the molecule is Cc1nnc(CNC(=O)O)o1. The van der Waals surface area contributed by atoms with Gasteiger partial charge in [-0.25, -0.2) is 4.79 Å². The van der Waals surface area contributed by atoms with Crippen molar-refractivity contribution in [1.29, 1.82) is 0 Å². The van der Waals surface area contributed by atoms with Crippen LogP contribution in [0.3, 0.4) is 0 Å². The topological polar surface area (TPSA) is 88.2 Å². The number of hydrogen-bond acceptors (Lipinski definition) is 4. The molecule has 6 nitrogen and oxygen atoms in total. The van der Waals surface area contributed by atoms with Gasteiger partial charge in [0.2, 0.25) is 11.8 Å². The summed E-state index contributed by atoms with van der Waals surface area (Å²) in [5.74, 6) is 0.692. The zero-order valence-corrected chi connectivity index (χ0v) is 5.87. The number of aromatic nitrogens is 2. The standard InChI is InChI=1S/C5H7N3O3/c1-3-7-8-4(11-3)2-6-5(9)10/h6H,2H2,1H3,(H,9,10). The van der Waals surface area contributed by atoms with Crippen molar-refractivity contribution in [1.82, 2.24) is 15.5 Å². The van der Waals surface area contributed by atoms with Gasteiger partial charge in [0, 0.05) is 6.92 Å². The van der Waals surface area contributed by atoms with E-state index in [9.17, 15) is 4.79 Å². The van der Waals surface area contributed by atoms with Crippen molar-refractivity contribution in [3.8, 4) is 0 Å². The van der Waals surface area contributed by atoms with Crippen molar-refractivity contribution in [3.63, 3.8) is 0 Å². The summed E-state index contributed by atoms with van der Waals surface area (Å²) < 4.78 is 4.89. The van der Waals surface area contributed by atoms with E-state index in [2.05, 4.69) is 15.5 Å². The zero-order chi connectivity index (χ0) is 8.27. The van der Waals surface area contributed by atoms with Gasteiger partial charge in [0.15, 0.2) is 0 Å². The summed E-state index contributed by atoms with van der Waals surface area (Å²) in [6, 6.07) is 0. The van der Waals surface area contributed by atoms with Gasteiger partial charge >= 0.3 is 6.09 Å². The second-order valence-corrected chi connectivity index (χ2v) is 1.87. The molecule has 1 heterocycles. The van der Waals surface area contributed by atoms with E-state index >= 15 is 0 Å². The van der Waals surface area contributed by atoms with Crippen LogP contribution < -0.4 is 5.32 Å². The lowest BCUT2D eigenvalue weighted by Crippen LogP contribution is -2.20. The monoisotopic (exact) mass is 157 g/mol. The third-order valence-corrected chi connectivity index (χ3v) is 0.959. The van der Waals surface area contributed by atoms with Gasteiger partial charge in [-0.05, 0) is 0 Å². The third-order valence-electron chi connectivity index (χ3n) is 0.959. The number of carboxylic acid groups (broad SMARTS) is 1. The fraction of sp³-hybridized carbons (Fsp3) is 0.400. The van der Waals surface area contributed by atoms with Gasteiger partial charge in [-0.2, -0.15) is 0 Å². The molecule has 1 aromatic rings. The second-order valence-electron chi connectivity index (χ2n) is 1.87. The Labute approximate surface area is 62.2 Å². The van der Waals surface area contributed by atoms with Crippen molar-refractivity contribution in [2.75, 3.05) is 0 Å². The molecule has 0 unspecified atom stereocenters. The second kappa shape index (κ2) is 3.00. The lowest BCUT2D eigenvalue weighted by atomic mass is 10.6. The third kappa shape index (κ3) is 2.24. The van der Waals surface area contributed by atoms with Gasteiger partial charge in [-0.1, -0.05) is 0 Å². The summed E-state index contributed by atoms with van der Waals surface area (Å²) in [4.78, 5) is 9.98. The molecule has 6 heteroatoms. The fourth-order valence-electron chi connectivity index (χ4n) is 0.560. The van der Waals surface area contributed by atoms with Crippen molar-refractivity contribution in [2.24, 2.45) is 0 Å². The minimum atomic E-state index is -1.11. The van der Waals surface area contributed by atoms with Crippen molar-refractivity contribution >= 4 is 6.09 Å². The molecular weight excluding hydrogens is 150 g/mol. The molecule has 60 valence electrons. The molecule has 0 aliphatic heterocycles. The van der Waals surface area contributed by atoms with Gasteiger partial charge in [0.25, 0.3) is 0 Å². The lowest BCUT2D eigenvalue weighted by Gasteiger charge is -1.92. The van der Waals surface area contributed by atoms with Gasteiger partial charge < -0.3 is 14.8 Å². The maximum atomic E-state index is 9.98. The molecule has 0 aromatic carbocycles. The molecule has 11 heavy (non-hydrogen) atoms. The summed E-state index contributed by atoms with van der Waals surface area (Å²) in [5.41, 5.74) is 0. The van der Waals surface area contributed by atoms with E-state index in [1.165, 1.54) is 0 Å². The fourth-order valence-corrected chi connectivity index (χ4v) is 0.560. The molecule has 0 spiro atoms. The molecule has 0 fully saturated rings. The molecule has 0 aliphatic rings. The van der Waals surface area contributed by atoms with Crippen molar-refractivity contribution in [3.05, 3.63) is 11.8 Å². The Morgan fingerprint density at radius 3 is 2.91 bits per heavy atom. The summed E-state index contributed by atoms with van der Waals surface area (Å²) in [5, 5.41) is 17.4. The average Bonchev–Trinajstić information content (AvgIpc) is 2.31. The quantitative estimate of drug-likeness (QED) is 0.637. The summed E-state index contributed by atoms with van der Waals surface area (Å²) in [6.45, 7) is 1.69. The Balaban J connectivity index is 2.45. The number of nitrogens with one attached hydrogen (secondary N) is 1. The van der Waals surface area contributed by atoms with Crippen LogP contribution in [0.4, 0.5) is 4.79 Å². The highest BCUT2D eigenvalue weighted by Crippen LogP contribution is 1.95. The zero-order valence-electron chi connectivity index (χ0n) is 5.87. The molecule has 0 saturated carbocycles. The Morgan fingerprint density at radius 2 is 2.45 bits per heavy atom. The van der Waals surface area contributed by atoms with Crippen LogP contribution in [0.25, 0.3) is 0 Å². The number of aryl methyl sites for hydroxylation is 1. The molecule has 1 rings (SSSR count). The number of rotatable bonds is 2. The van der Waals surface area contributed by atoms with E-state index in [-0.39, 0.29) is 12.4 Å². The van der Waals surface area contributed by atoms with E-state index in [0.29, 0.717) is 5.89 Å². The van der Waals surface area contributed by atoms with Crippen LogP contribution in [0.1, 0.15) is 11.8 Å². The Hall–Kier alpha value is -1.59. The minimum absolute atomic E-state index is 0.0518. The molecule has 0 saturated heterocycles. The van der Waals surface area contributed by atoms with Crippen LogP contribution in [-0.2, 0) is 6.54 Å². The molecule has 2 N–H and O–H groups in total. The molecule has 0 bridgehead atoms. The summed E-state index contributed by atoms with van der Waals surface area (Å²) in [7, 11) is 0. The maximum Gasteiger partial charge on any atom is 0.405 e. The van der Waals surface area contributed by atoms with Crippen LogP contribution in [0.5, 0.6) is 0 Å². The van der Waals surface area contributed by atoms with Crippen LogP contribution in [0, 0.1) is 6.92 Å². The van der Waals surface area contributed by atoms with E-state index in [1.54, 1.807) is 6.92 Å². The number of amides is 1. The molecule has 0 atom stereocenters. The first-order valence-electron chi connectivity index (χ1n) is 2.94. The van der Waals surface area contributed by atoms with Crippen LogP contribution in [0.15, 0.2) is 4.42 Å². The largest absolute Gasteiger partial charge is 0.465 e.